The minimum Gasteiger partial charge on any atom is -0.451 e. The normalized spacial score (nSPS) is 23.4. The van der Waals surface area contributed by atoms with Crippen LogP contribution in [0.4, 0.5) is 14.5 Å². The third kappa shape index (κ3) is 4.13. The predicted molar refractivity (Wildman–Crippen MR) is 97.3 cm³/mol. The Kier molecular flexibility index (Phi) is 5.95. The monoisotopic (exact) mass is 408 g/mol. The summed E-state index contributed by atoms with van der Waals surface area (Å²) >= 11 is 0. The van der Waals surface area contributed by atoms with E-state index in [9.17, 15) is 28.0 Å². The number of carbonyl (C=O) groups excluding carboxylic acids is 4. The van der Waals surface area contributed by atoms with E-state index >= 15 is 0 Å². The molecule has 1 saturated carbocycles. The molecule has 2 fully saturated rings. The maximum atomic E-state index is 13.2. The van der Waals surface area contributed by atoms with Gasteiger partial charge in [-0.1, -0.05) is 12.8 Å². The largest absolute Gasteiger partial charge is 0.451 e. The number of halogens is 2. The van der Waals surface area contributed by atoms with E-state index in [0.29, 0.717) is 12.8 Å². The Bertz CT molecular complexity index is 835. The van der Waals surface area contributed by atoms with Gasteiger partial charge in [0.05, 0.1) is 11.8 Å². The summed E-state index contributed by atoms with van der Waals surface area (Å²) in [5.74, 6) is -5.36. The average molecular weight is 408 g/mol. The Labute approximate surface area is 166 Å². The van der Waals surface area contributed by atoms with Gasteiger partial charge in [-0.2, -0.15) is 0 Å². The van der Waals surface area contributed by atoms with E-state index in [1.165, 1.54) is 13.8 Å². The minimum atomic E-state index is -1.27. The Morgan fingerprint density at radius 3 is 2.21 bits per heavy atom. The first-order chi connectivity index (χ1) is 13.7. The molecule has 1 heterocycles. The first-order valence-corrected chi connectivity index (χ1v) is 9.54. The maximum absolute atomic E-state index is 13.2. The number of hydrogen-bond donors (Lipinski definition) is 1. The van der Waals surface area contributed by atoms with Crippen LogP contribution in [-0.4, -0.2) is 40.7 Å². The van der Waals surface area contributed by atoms with Crippen molar-refractivity contribution in [1.82, 2.24) is 4.90 Å². The number of hydrogen-bond acceptors (Lipinski definition) is 5. The van der Waals surface area contributed by atoms with Crippen LogP contribution < -0.4 is 5.32 Å². The third-order valence-electron chi connectivity index (χ3n) is 5.45. The van der Waals surface area contributed by atoms with Gasteiger partial charge in [0.15, 0.2) is 17.7 Å². The molecule has 1 aromatic carbocycles. The van der Waals surface area contributed by atoms with Gasteiger partial charge in [-0.3, -0.25) is 19.3 Å². The lowest BCUT2D eigenvalue weighted by molar-refractivity contribution is -0.163. The van der Waals surface area contributed by atoms with Gasteiger partial charge in [0, 0.05) is 11.8 Å². The van der Waals surface area contributed by atoms with Gasteiger partial charge in [-0.05, 0) is 38.8 Å². The quantitative estimate of drug-likeness (QED) is 0.597. The zero-order valence-electron chi connectivity index (χ0n) is 16.1. The van der Waals surface area contributed by atoms with Crippen molar-refractivity contribution < 1.29 is 32.7 Å². The molecule has 1 saturated heterocycles. The molecule has 0 unspecified atom stereocenters. The van der Waals surface area contributed by atoms with Crippen LogP contribution in [0.25, 0.3) is 0 Å². The van der Waals surface area contributed by atoms with Crippen molar-refractivity contribution in [3.63, 3.8) is 0 Å². The van der Waals surface area contributed by atoms with Gasteiger partial charge >= 0.3 is 5.97 Å². The Morgan fingerprint density at radius 2 is 1.66 bits per heavy atom. The van der Waals surface area contributed by atoms with E-state index in [0.717, 1.165) is 35.9 Å². The second-order valence-electron chi connectivity index (χ2n) is 7.42. The van der Waals surface area contributed by atoms with Crippen LogP contribution in [0.3, 0.4) is 0 Å². The van der Waals surface area contributed by atoms with Crippen LogP contribution in [0.5, 0.6) is 0 Å². The molecule has 0 bridgehead atoms. The molecule has 9 heteroatoms. The number of ether oxygens (including phenoxy) is 1. The van der Waals surface area contributed by atoms with Crippen LogP contribution in [0.15, 0.2) is 18.2 Å². The summed E-state index contributed by atoms with van der Waals surface area (Å²) in [7, 11) is 0. The second-order valence-corrected chi connectivity index (χ2v) is 7.42. The number of imide groups is 1. The summed E-state index contributed by atoms with van der Waals surface area (Å²) < 4.78 is 31.3. The first-order valence-electron chi connectivity index (χ1n) is 9.54. The van der Waals surface area contributed by atoms with E-state index in [-0.39, 0.29) is 29.3 Å². The summed E-state index contributed by atoms with van der Waals surface area (Å²) in [5.41, 5.74) is -0.00109. The van der Waals surface area contributed by atoms with E-state index in [4.69, 9.17) is 4.74 Å². The average Bonchev–Trinajstić information content (AvgIpc) is 2.95. The molecule has 4 atom stereocenters. The molecule has 29 heavy (non-hydrogen) atoms. The summed E-state index contributed by atoms with van der Waals surface area (Å²) in [6.07, 6.45) is 1.72. The van der Waals surface area contributed by atoms with E-state index < -0.39 is 35.7 Å². The Hall–Kier alpha value is -2.84. The van der Waals surface area contributed by atoms with Crippen LogP contribution in [0.1, 0.15) is 39.5 Å². The molecule has 1 N–H and O–H groups in total. The number of carbonyl (C=O) groups is 4. The molecule has 1 aromatic rings. The van der Waals surface area contributed by atoms with Gasteiger partial charge in [0.1, 0.15) is 6.04 Å². The molecule has 2 aliphatic rings. The molecule has 1 aliphatic heterocycles. The number of esters is 1. The number of likely N-dealkylation sites (tertiary alicyclic amines) is 1. The van der Waals surface area contributed by atoms with E-state index in [2.05, 4.69) is 5.32 Å². The van der Waals surface area contributed by atoms with Gasteiger partial charge < -0.3 is 10.1 Å². The lowest BCUT2D eigenvalue weighted by Crippen LogP contribution is -2.46. The summed E-state index contributed by atoms with van der Waals surface area (Å²) in [6.45, 7) is 2.68. The van der Waals surface area contributed by atoms with Crippen molar-refractivity contribution in [2.24, 2.45) is 11.8 Å². The summed E-state index contributed by atoms with van der Waals surface area (Å²) in [5, 5.41) is 2.31. The molecule has 3 amide bonds. The van der Waals surface area contributed by atoms with Crippen molar-refractivity contribution in [3.8, 4) is 0 Å². The van der Waals surface area contributed by atoms with Gasteiger partial charge in [-0.25, -0.2) is 13.6 Å². The smallest absolute Gasteiger partial charge is 0.329 e. The van der Waals surface area contributed by atoms with Crippen LogP contribution >= 0.6 is 0 Å². The zero-order valence-corrected chi connectivity index (χ0v) is 16.1. The Morgan fingerprint density at radius 1 is 1.07 bits per heavy atom. The topological polar surface area (TPSA) is 92.8 Å². The lowest BCUT2D eigenvalue weighted by atomic mass is 9.81. The van der Waals surface area contributed by atoms with Gasteiger partial charge in [-0.15, -0.1) is 0 Å². The van der Waals surface area contributed by atoms with E-state index in [1.807, 2.05) is 0 Å². The molecular formula is C20H22F2N2O5. The highest BCUT2D eigenvalue weighted by atomic mass is 19.2. The number of nitrogens with zero attached hydrogens (tertiary/aromatic N) is 1. The van der Waals surface area contributed by atoms with Crippen molar-refractivity contribution in [3.05, 3.63) is 29.8 Å². The fourth-order valence-electron chi connectivity index (χ4n) is 3.82. The maximum Gasteiger partial charge on any atom is 0.329 e. The van der Waals surface area contributed by atoms with Crippen molar-refractivity contribution >= 4 is 29.4 Å². The van der Waals surface area contributed by atoms with Crippen molar-refractivity contribution in [2.75, 3.05) is 5.32 Å². The molecule has 3 rings (SSSR count). The zero-order chi connectivity index (χ0) is 21.3. The second kappa shape index (κ2) is 8.26. The van der Waals surface area contributed by atoms with Crippen molar-refractivity contribution in [2.45, 2.75) is 51.7 Å². The molecule has 0 spiro atoms. The van der Waals surface area contributed by atoms with Gasteiger partial charge in [0.2, 0.25) is 11.8 Å². The molecule has 0 aromatic heterocycles. The number of rotatable bonds is 5. The summed E-state index contributed by atoms with van der Waals surface area (Å²) in [6, 6.07) is 1.66. The highest BCUT2D eigenvalue weighted by Crippen LogP contribution is 2.38. The molecule has 7 nitrogen and oxygen atoms in total. The highest BCUT2D eigenvalue weighted by Gasteiger charge is 2.51. The minimum absolute atomic E-state index is 0.00109. The standard InChI is InChI=1S/C20H22F2N2O5/c1-10(24-18(26)13-5-3-4-6-14(13)19(24)27)20(28)29-11(2)17(25)23-12-7-8-15(21)16(22)9-12/h7-11,13-14H,3-6H2,1-2H3,(H,23,25)/t10-,11+,13-,14-/m0/s1. The summed E-state index contributed by atoms with van der Waals surface area (Å²) in [4.78, 5) is 50.7. The molecule has 1 aliphatic carbocycles. The number of nitrogens with one attached hydrogen (secondary N) is 1. The number of benzene rings is 1. The fourth-order valence-corrected chi connectivity index (χ4v) is 3.82. The van der Waals surface area contributed by atoms with Crippen molar-refractivity contribution in [1.29, 1.82) is 0 Å². The SMILES string of the molecule is C[C@@H](OC(=O)[C@H](C)N1C(=O)[C@H]2CCCC[C@@H]2C1=O)C(=O)Nc1ccc(F)c(F)c1. The lowest BCUT2D eigenvalue weighted by Gasteiger charge is -2.23. The molecule has 0 radical (unpaired) electrons. The third-order valence-corrected chi connectivity index (χ3v) is 5.45. The molecular weight excluding hydrogens is 386 g/mol. The predicted octanol–water partition coefficient (Wildman–Crippen LogP) is 2.40. The van der Waals surface area contributed by atoms with Crippen LogP contribution in [0.2, 0.25) is 0 Å². The molecule has 156 valence electrons. The number of anilines is 1. The first kappa shape index (κ1) is 20.9. The van der Waals surface area contributed by atoms with Gasteiger partial charge in [0.25, 0.3) is 5.91 Å². The van der Waals surface area contributed by atoms with Crippen LogP contribution in [0, 0.1) is 23.5 Å². The Balaban J connectivity index is 1.61. The fraction of sp³-hybridized carbons (Fsp3) is 0.500. The number of amides is 3. The van der Waals surface area contributed by atoms with E-state index in [1.54, 1.807) is 0 Å². The highest BCUT2D eigenvalue weighted by molar-refractivity contribution is 6.08. The number of fused-ring (bicyclic) bond motifs is 1. The van der Waals surface area contributed by atoms with Crippen LogP contribution in [-0.2, 0) is 23.9 Å².